The Balaban J connectivity index is 3.04. The summed E-state index contributed by atoms with van der Waals surface area (Å²) in [5.74, 6) is -4.28. The number of diazo groups is 1. The maximum absolute atomic E-state index is 11.6. The van der Waals surface area contributed by atoms with E-state index in [1.807, 2.05) is 0 Å². The van der Waals surface area contributed by atoms with Crippen molar-refractivity contribution in [2.45, 2.75) is 19.1 Å². The number of nitrogens with one attached hydrogen (secondary N) is 1. The first-order valence-corrected chi connectivity index (χ1v) is 6.54. The van der Waals surface area contributed by atoms with Crippen LogP contribution in [0.3, 0.4) is 0 Å². The number of amides is 1. The fourth-order valence-electron chi connectivity index (χ4n) is 2.23. The van der Waals surface area contributed by atoms with E-state index in [0.717, 1.165) is 0 Å². The maximum atomic E-state index is 11.6. The molecule has 4 atom stereocenters. The highest BCUT2D eigenvalue weighted by atomic mass is 16.5. The largest absolute Gasteiger partial charge is 0.505 e. The molecule has 1 heterocycles. The lowest BCUT2D eigenvalue weighted by molar-refractivity contribution is -0.143. The number of nitrogens with zero attached hydrogens (tertiary/aromatic N) is 2. The number of ether oxygens (including phenoxy) is 1. The van der Waals surface area contributed by atoms with E-state index in [0.29, 0.717) is 0 Å². The third-order valence-electron chi connectivity index (χ3n) is 3.37. The molecule has 120 valence electrons. The van der Waals surface area contributed by atoms with E-state index in [4.69, 9.17) is 5.39 Å². The van der Waals surface area contributed by atoms with Gasteiger partial charge in [0, 0.05) is 0 Å². The van der Waals surface area contributed by atoms with Gasteiger partial charge in [-0.2, -0.15) is 0 Å². The van der Waals surface area contributed by atoms with Crippen LogP contribution in [-0.2, 0) is 14.3 Å². The fraction of sp³-hybridized carbons (Fsp3) is 0.538. The second kappa shape index (κ2) is 7.53. The lowest BCUT2D eigenvalue weighted by atomic mass is 9.77. The van der Waals surface area contributed by atoms with Gasteiger partial charge in [0.05, 0.1) is 30.6 Å². The average molecular weight is 312 g/mol. The molecule has 0 radical (unpaired) electrons. The number of aliphatic hydroxyl groups excluding tert-OH is 3. The summed E-state index contributed by atoms with van der Waals surface area (Å²) in [4.78, 5) is 25.7. The molecule has 1 aliphatic heterocycles. The molecule has 9 heteroatoms. The topological polar surface area (TPSA) is 144 Å². The molecule has 0 unspecified atom stereocenters. The smallest absolute Gasteiger partial charge is 0.504 e. The Bertz CT molecular complexity index is 536. The van der Waals surface area contributed by atoms with Gasteiger partial charge in [0.1, 0.15) is 6.61 Å². The quantitative estimate of drug-likeness (QED) is 0.123. The monoisotopic (exact) mass is 312 g/mol. The normalized spacial score (nSPS) is 24.0. The highest BCUT2D eigenvalue weighted by Gasteiger charge is 2.50. The Hall–Kier alpha value is -2.44. The molecule has 4 N–H and O–H groups in total. The number of aliphatic hydroxyl groups is 3. The minimum absolute atomic E-state index is 0.161. The zero-order chi connectivity index (χ0) is 16.9. The number of rotatable bonds is 7. The average Bonchev–Trinajstić information content (AvgIpc) is 2.44. The van der Waals surface area contributed by atoms with Crippen molar-refractivity contribution >= 4 is 11.9 Å². The van der Waals surface area contributed by atoms with Gasteiger partial charge in [-0.05, 0) is 6.92 Å². The molecule has 1 fully saturated rings. The van der Waals surface area contributed by atoms with Crippen LogP contribution in [-0.4, -0.2) is 52.6 Å². The molecule has 0 aromatic rings. The van der Waals surface area contributed by atoms with Crippen LogP contribution in [0.5, 0.6) is 0 Å². The molecule has 1 rings (SSSR count). The predicted octanol–water partition coefficient (Wildman–Crippen LogP) is -0.558. The van der Waals surface area contributed by atoms with Crippen LogP contribution in [0.4, 0.5) is 0 Å². The van der Waals surface area contributed by atoms with Crippen LogP contribution >= 0.6 is 0 Å². The predicted molar refractivity (Wildman–Crippen MR) is 73.6 cm³/mol. The van der Waals surface area contributed by atoms with Crippen LogP contribution in [0.15, 0.2) is 24.1 Å². The molecule has 9 nitrogen and oxygen atoms in total. The number of hydrogen-bond donors (Lipinski definition) is 4. The molecule has 0 spiro atoms. The van der Waals surface area contributed by atoms with Crippen LogP contribution in [0, 0.1) is 17.2 Å². The number of hydrogen-bond acceptors (Lipinski definition) is 7. The van der Waals surface area contributed by atoms with Crippen molar-refractivity contribution in [1.29, 1.82) is 5.39 Å². The first kappa shape index (κ1) is 17.6. The molecular weight excluding hydrogens is 294 g/mol. The standard InChI is InChI=1S/C13H17N3O6/c1-3-4-22-13(21)10(16-14)11(19)7(5-17)9-8(6(2)18)12(20)15-9/h3,6-9,17-18H,1,4-5H2,2H3,(H-,15,19,20,21)/p+1/t6-,7-,8-,9-/m1/s1. The van der Waals surface area contributed by atoms with Crippen molar-refractivity contribution in [3.8, 4) is 0 Å². The van der Waals surface area contributed by atoms with Crippen molar-refractivity contribution in [1.82, 2.24) is 5.32 Å². The minimum atomic E-state index is -1.13. The Kier molecular flexibility index (Phi) is 6.03. The first-order chi connectivity index (χ1) is 10.4. The van der Waals surface area contributed by atoms with Crippen molar-refractivity contribution in [3.63, 3.8) is 0 Å². The molecule has 1 amide bonds. The summed E-state index contributed by atoms with van der Waals surface area (Å²) in [6, 6.07) is -0.804. The summed E-state index contributed by atoms with van der Waals surface area (Å²) in [6.45, 7) is 3.92. The first-order valence-electron chi connectivity index (χ1n) is 6.54. The van der Waals surface area contributed by atoms with Crippen molar-refractivity contribution < 1.29 is 29.6 Å². The van der Waals surface area contributed by atoms with E-state index in [1.165, 1.54) is 13.0 Å². The van der Waals surface area contributed by atoms with E-state index < -0.39 is 53.9 Å². The van der Waals surface area contributed by atoms with Gasteiger partial charge in [-0.3, -0.25) is 4.79 Å². The highest BCUT2D eigenvalue weighted by molar-refractivity contribution is 5.91. The molecule has 22 heavy (non-hydrogen) atoms. The molecule has 0 saturated carbocycles. The van der Waals surface area contributed by atoms with Gasteiger partial charge in [-0.1, -0.05) is 12.7 Å². The van der Waals surface area contributed by atoms with Gasteiger partial charge < -0.3 is 25.4 Å². The third-order valence-corrected chi connectivity index (χ3v) is 3.37. The summed E-state index contributed by atoms with van der Waals surface area (Å²) in [6.07, 6.45) is 0.270. The SMILES string of the molecule is C=CCOC(=O)/C([N+]#N)=C(\O)[C@H](CO)[C@H]1NC(=O)[C@@H]1[C@@H](C)O. The van der Waals surface area contributed by atoms with Gasteiger partial charge in [-0.25, -0.2) is 4.79 Å². The number of carbonyl (C=O) groups is 2. The minimum Gasteiger partial charge on any atom is -0.504 e. The van der Waals surface area contributed by atoms with Gasteiger partial charge >= 0.3 is 11.7 Å². The van der Waals surface area contributed by atoms with E-state index in [2.05, 4.69) is 21.6 Å². The Labute approximate surface area is 126 Å². The second-order valence-corrected chi connectivity index (χ2v) is 4.81. The van der Waals surface area contributed by atoms with Crippen molar-refractivity contribution in [2.75, 3.05) is 13.2 Å². The Morgan fingerprint density at radius 2 is 2.27 bits per heavy atom. The van der Waals surface area contributed by atoms with Crippen LogP contribution < -0.4 is 5.32 Å². The molecule has 0 aliphatic carbocycles. The maximum Gasteiger partial charge on any atom is 0.505 e. The van der Waals surface area contributed by atoms with E-state index in [9.17, 15) is 24.9 Å². The van der Waals surface area contributed by atoms with Crippen LogP contribution in [0.2, 0.25) is 0 Å². The highest BCUT2D eigenvalue weighted by Crippen LogP contribution is 2.30. The number of esters is 1. The molecular formula is C13H18N3O6+. The number of β-lactam (4-membered cyclic amide) rings is 1. The molecule has 1 saturated heterocycles. The molecule has 0 bridgehead atoms. The lowest BCUT2D eigenvalue weighted by Crippen LogP contribution is -2.65. The van der Waals surface area contributed by atoms with E-state index in [-0.39, 0.29) is 6.61 Å². The fourth-order valence-corrected chi connectivity index (χ4v) is 2.23. The summed E-state index contributed by atoms with van der Waals surface area (Å²) >= 11 is 0. The van der Waals surface area contributed by atoms with E-state index in [1.54, 1.807) is 0 Å². The van der Waals surface area contributed by atoms with Gasteiger partial charge in [0.15, 0.2) is 4.98 Å². The zero-order valence-corrected chi connectivity index (χ0v) is 12.0. The van der Waals surface area contributed by atoms with Gasteiger partial charge in [0.2, 0.25) is 17.1 Å². The van der Waals surface area contributed by atoms with Gasteiger partial charge in [0.25, 0.3) is 0 Å². The van der Waals surface area contributed by atoms with Crippen LogP contribution in [0.1, 0.15) is 6.92 Å². The van der Waals surface area contributed by atoms with E-state index >= 15 is 0 Å². The molecule has 0 aromatic heterocycles. The Morgan fingerprint density at radius 3 is 2.68 bits per heavy atom. The van der Waals surface area contributed by atoms with Crippen molar-refractivity contribution in [3.05, 3.63) is 29.1 Å². The summed E-state index contributed by atoms with van der Waals surface area (Å²) < 4.78 is 4.64. The summed E-state index contributed by atoms with van der Waals surface area (Å²) in [5.41, 5.74) is -0.786. The summed E-state index contributed by atoms with van der Waals surface area (Å²) in [7, 11) is 0. The molecule has 0 aromatic carbocycles. The van der Waals surface area contributed by atoms with Crippen LogP contribution in [0.25, 0.3) is 4.98 Å². The third kappa shape index (κ3) is 3.41. The van der Waals surface area contributed by atoms with Crippen molar-refractivity contribution in [2.24, 2.45) is 11.8 Å². The lowest BCUT2D eigenvalue weighted by Gasteiger charge is -2.41. The second-order valence-electron chi connectivity index (χ2n) is 4.81. The Morgan fingerprint density at radius 1 is 1.64 bits per heavy atom. The molecule has 1 aliphatic rings. The zero-order valence-electron chi connectivity index (χ0n) is 12.0. The summed E-state index contributed by atoms with van der Waals surface area (Å²) in [5, 5.41) is 40.3. The number of carbonyl (C=O) groups excluding carboxylic acids is 2. The van der Waals surface area contributed by atoms with Gasteiger partial charge in [-0.15, -0.1) is 0 Å².